The minimum Gasteiger partial charge on any atom is -0.317 e. The van der Waals surface area contributed by atoms with Crippen LogP contribution in [0.3, 0.4) is 0 Å². The summed E-state index contributed by atoms with van der Waals surface area (Å²) in [7, 11) is -3.41. The quantitative estimate of drug-likeness (QED) is 0.576. The lowest BCUT2D eigenvalue weighted by atomic mass is 10.2. The molecule has 0 radical (unpaired) electrons. The fourth-order valence-electron chi connectivity index (χ4n) is 1.99. The minimum atomic E-state index is -3.41. The van der Waals surface area contributed by atoms with Crippen molar-refractivity contribution < 1.29 is 8.42 Å². The fourth-order valence-corrected chi connectivity index (χ4v) is 3.02. The van der Waals surface area contributed by atoms with Gasteiger partial charge in [0, 0.05) is 19.3 Å². The van der Waals surface area contributed by atoms with Crippen molar-refractivity contribution in [1.82, 2.24) is 19.8 Å². The molecule has 0 saturated carbocycles. The van der Waals surface area contributed by atoms with Gasteiger partial charge in [-0.3, -0.25) is 4.68 Å². The molecule has 122 valence electrons. The Kier molecular flexibility index (Phi) is 8.56. The summed E-state index contributed by atoms with van der Waals surface area (Å²) in [4.78, 5) is 0.251. The van der Waals surface area contributed by atoms with Crippen LogP contribution < -0.4 is 10.0 Å². The highest BCUT2D eigenvalue weighted by atomic mass is 32.2. The highest BCUT2D eigenvalue weighted by Gasteiger charge is 2.15. The molecule has 1 heterocycles. The summed E-state index contributed by atoms with van der Waals surface area (Å²) in [6.45, 7) is 7.27. The van der Waals surface area contributed by atoms with Crippen molar-refractivity contribution >= 4 is 10.0 Å². The van der Waals surface area contributed by atoms with Crippen molar-refractivity contribution in [2.24, 2.45) is 0 Å². The molecule has 0 fully saturated rings. The summed E-state index contributed by atoms with van der Waals surface area (Å²) in [6.07, 6.45) is 8.17. The van der Waals surface area contributed by atoms with Gasteiger partial charge < -0.3 is 5.32 Å². The first-order chi connectivity index (χ1) is 10.1. The van der Waals surface area contributed by atoms with E-state index in [1.54, 1.807) is 10.9 Å². The molecule has 0 aliphatic rings. The standard InChI is InChI=1S/C14H28N4O2S/c1-3-5-6-7-10-17-21(19,20)14-12-16-18(13-14)11-8-9-15-4-2/h12-13,15,17H,3-11H2,1-2H3. The molecule has 1 aromatic heterocycles. The van der Waals surface area contributed by atoms with Crippen LogP contribution in [0.1, 0.15) is 46.0 Å². The Hall–Kier alpha value is -0.920. The van der Waals surface area contributed by atoms with Crippen molar-refractivity contribution in [1.29, 1.82) is 0 Å². The number of aromatic nitrogens is 2. The van der Waals surface area contributed by atoms with Gasteiger partial charge in [-0.05, 0) is 25.9 Å². The van der Waals surface area contributed by atoms with Crippen LogP contribution in [0.15, 0.2) is 17.3 Å². The molecule has 0 spiro atoms. The van der Waals surface area contributed by atoms with Gasteiger partial charge in [-0.2, -0.15) is 5.10 Å². The molecule has 0 aliphatic heterocycles. The first kappa shape index (κ1) is 18.1. The molecule has 0 aromatic carbocycles. The predicted octanol–water partition coefficient (Wildman–Crippen LogP) is 1.74. The number of unbranched alkanes of at least 4 members (excludes halogenated alkanes) is 3. The Labute approximate surface area is 128 Å². The van der Waals surface area contributed by atoms with Crippen molar-refractivity contribution in [2.75, 3.05) is 19.6 Å². The van der Waals surface area contributed by atoms with Crippen LogP contribution in [-0.4, -0.2) is 37.8 Å². The molecule has 1 aromatic rings. The van der Waals surface area contributed by atoms with E-state index in [4.69, 9.17) is 0 Å². The molecule has 21 heavy (non-hydrogen) atoms. The zero-order chi connectivity index (χ0) is 15.6. The van der Waals surface area contributed by atoms with Gasteiger partial charge in [0.15, 0.2) is 0 Å². The lowest BCUT2D eigenvalue weighted by molar-refractivity contribution is 0.548. The molecule has 0 amide bonds. The van der Waals surface area contributed by atoms with Crippen LogP contribution in [-0.2, 0) is 16.6 Å². The second-order valence-corrected chi connectivity index (χ2v) is 6.87. The Morgan fingerprint density at radius 2 is 1.95 bits per heavy atom. The van der Waals surface area contributed by atoms with Crippen molar-refractivity contribution in [3.05, 3.63) is 12.4 Å². The van der Waals surface area contributed by atoms with Gasteiger partial charge in [-0.25, -0.2) is 13.1 Å². The van der Waals surface area contributed by atoms with Crippen LogP contribution in [0, 0.1) is 0 Å². The number of sulfonamides is 1. The zero-order valence-electron chi connectivity index (χ0n) is 13.1. The van der Waals surface area contributed by atoms with Gasteiger partial charge in [-0.1, -0.05) is 33.1 Å². The molecule has 0 aliphatic carbocycles. The van der Waals surface area contributed by atoms with E-state index in [0.29, 0.717) is 6.54 Å². The van der Waals surface area contributed by atoms with Crippen LogP contribution in [0.25, 0.3) is 0 Å². The van der Waals surface area contributed by atoms with E-state index in [1.165, 1.54) is 6.20 Å². The third kappa shape index (κ3) is 7.06. The van der Waals surface area contributed by atoms with Crippen LogP contribution in [0.2, 0.25) is 0 Å². The van der Waals surface area contributed by atoms with Gasteiger partial charge >= 0.3 is 0 Å². The second-order valence-electron chi connectivity index (χ2n) is 5.10. The third-order valence-corrected chi connectivity index (χ3v) is 4.65. The summed E-state index contributed by atoms with van der Waals surface area (Å²) in [5.74, 6) is 0. The largest absolute Gasteiger partial charge is 0.317 e. The minimum absolute atomic E-state index is 0.251. The van der Waals surface area contributed by atoms with E-state index in [9.17, 15) is 8.42 Å². The Balaban J connectivity index is 2.39. The zero-order valence-corrected chi connectivity index (χ0v) is 14.0. The summed E-state index contributed by atoms with van der Waals surface area (Å²) in [6, 6.07) is 0. The summed E-state index contributed by atoms with van der Waals surface area (Å²) < 4.78 is 28.5. The normalized spacial score (nSPS) is 11.9. The van der Waals surface area contributed by atoms with Crippen molar-refractivity contribution in [3.8, 4) is 0 Å². The van der Waals surface area contributed by atoms with E-state index in [-0.39, 0.29) is 4.90 Å². The third-order valence-electron chi connectivity index (χ3n) is 3.23. The van der Waals surface area contributed by atoms with Crippen molar-refractivity contribution in [3.63, 3.8) is 0 Å². The summed E-state index contributed by atoms with van der Waals surface area (Å²) in [5, 5.41) is 7.34. The molecular formula is C14H28N4O2S. The SMILES string of the molecule is CCCCCCNS(=O)(=O)c1cnn(CCCNCC)c1. The summed E-state index contributed by atoms with van der Waals surface area (Å²) >= 11 is 0. The molecule has 0 bridgehead atoms. The van der Waals surface area contributed by atoms with E-state index in [2.05, 4.69) is 29.0 Å². The maximum atomic E-state index is 12.1. The molecule has 1 rings (SSSR count). The second kappa shape index (κ2) is 9.92. The highest BCUT2D eigenvalue weighted by Crippen LogP contribution is 2.07. The Bertz CT molecular complexity index is 485. The first-order valence-electron chi connectivity index (χ1n) is 7.83. The van der Waals surface area contributed by atoms with E-state index >= 15 is 0 Å². The number of rotatable bonds is 12. The molecule has 0 unspecified atom stereocenters. The van der Waals surface area contributed by atoms with Gasteiger partial charge in [0.2, 0.25) is 10.0 Å². The molecule has 2 N–H and O–H groups in total. The average Bonchev–Trinajstić information content (AvgIpc) is 2.93. The number of nitrogens with zero attached hydrogens (tertiary/aromatic N) is 2. The van der Waals surface area contributed by atoms with Crippen LogP contribution in [0.4, 0.5) is 0 Å². The van der Waals surface area contributed by atoms with Crippen LogP contribution in [0.5, 0.6) is 0 Å². The predicted molar refractivity (Wildman–Crippen MR) is 84.7 cm³/mol. The van der Waals surface area contributed by atoms with Gasteiger partial charge in [0.25, 0.3) is 0 Å². The first-order valence-corrected chi connectivity index (χ1v) is 9.31. The smallest absolute Gasteiger partial charge is 0.243 e. The number of hydrogen-bond donors (Lipinski definition) is 2. The van der Waals surface area contributed by atoms with E-state index in [0.717, 1.165) is 51.7 Å². The Morgan fingerprint density at radius 3 is 2.67 bits per heavy atom. The molecule has 6 nitrogen and oxygen atoms in total. The van der Waals surface area contributed by atoms with E-state index in [1.807, 2.05) is 0 Å². The monoisotopic (exact) mass is 316 g/mol. The molecule has 7 heteroatoms. The number of hydrogen-bond acceptors (Lipinski definition) is 4. The van der Waals surface area contributed by atoms with Gasteiger partial charge in [0.05, 0.1) is 6.20 Å². The molecule has 0 saturated heterocycles. The lowest BCUT2D eigenvalue weighted by Gasteiger charge is -2.04. The van der Waals surface area contributed by atoms with Gasteiger partial charge in [-0.15, -0.1) is 0 Å². The molecule has 0 atom stereocenters. The van der Waals surface area contributed by atoms with Crippen LogP contribution >= 0.6 is 0 Å². The maximum absolute atomic E-state index is 12.1. The lowest BCUT2D eigenvalue weighted by Crippen LogP contribution is -2.24. The fraction of sp³-hybridized carbons (Fsp3) is 0.786. The molecular weight excluding hydrogens is 288 g/mol. The van der Waals surface area contributed by atoms with E-state index < -0.39 is 10.0 Å². The van der Waals surface area contributed by atoms with Gasteiger partial charge in [0.1, 0.15) is 4.90 Å². The Morgan fingerprint density at radius 1 is 1.14 bits per heavy atom. The maximum Gasteiger partial charge on any atom is 0.243 e. The van der Waals surface area contributed by atoms with Crippen molar-refractivity contribution in [2.45, 2.75) is 57.4 Å². The topological polar surface area (TPSA) is 76.0 Å². The number of aryl methyl sites for hydroxylation is 1. The highest BCUT2D eigenvalue weighted by molar-refractivity contribution is 7.89. The average molecular weight is 316 g/mol. The summed E-state index contributed by atoms with van der Waals surface area (Å²) in [5.41, 5.74) is 0. The number of nitrogens with one attached hydrogen (secondary N) is 2.